The Morgan fingerprint density at radius 3 is 2.65 bits per heavy atom. The maximum Gasteiger partial charge on any atom is 0.490 e. The molecule has 0 atom stereocenters. The largest absolute Gasteiger partial charge is 0.497 e. The van der Waals surface area contributed by atoms with Crippen LogP contribution in [-0.4, -0.2) is 29.3 Å². The highest BCUT2D eigenvalue weighted by Gasteiger charge is 2.12. The van der Waals surface area contributed by atoms with E-state index in [-0.39, 0.29) is 0 Å². The number of aromatic nitrogens is 1. The molecule has 0 radical (unpaired) electrons. The summed E-state index contributed by atoms with van der Waals surface area (Å²) in [6.07, 6.45) is 3.09. The normalized spacial score (nSPS) is 10.1. The molecule has 0 bridgehead atoms. The van der Waals surface area contributed by atoms with Crippen LogP contribution in [0.4, 0.5) is 0 Å². The van der Waals surface area contributed by atoms with Crippen LogP contribution in [0, 0.1) is 0 Å². The summed E-state index contributed by atoms with van der Waals surface area (Å²) >= 11 is 0. The monoisotopic (exact) mass is 229 g/mol. The number of rotatable bonds is 3. The molecule has 0 spiro atoms. The second kappa shape index (κ2) is 4.99. The van der Waals surface area contributed by atoms with Gasteiger partial charge in [0.2, 0.25) is 0 Å². The first kappa shape index (κ1) is 11.6. The van der Waals surface area contributed by atoms with Crippen molar-refractivity contribution in [1.82, 2.24) is 4.98 Å². The second-order valence-electron chi connectivity index (χ2n) is 3.61. The van der Waals surface area contributed by atoms with Crippen molar-refractivity contribution in [2.45, 2.75) is 0 Å². The number of methoxy groups -OCH3 is 1. The highest BCUT2D eigenvalue weighted by Crippen LogP contribution is 2.22. The van der Waals surface area contributed by atoms with Crippen LogP contribution < -0.4 is 10.2 Å². The first-order valence-corrected chi connectivity index (χ1v) is 5.16. The van der Waals surface area contributed by atoms with E-state index in [2.05, 4.69) is 4.98 Å². The molecule has 0 unspecified atom stereocenters. The van der Waals surface area contributed by atoms with Gasteiger partial charge in [0, 0.05) is 17.9 Å². The zero-order chi connectivity index (χ0) is 12.3. The molecule has 2 rings (SSSR count). The van der Waals surface area contributed by atoms with E-state index in [1.54, 1.807) is 19.4 Å². The van der Waals surface area contributed by atoms with Gasteiger partial charge >= 0.3 is 7.12 Å². The van der Waals surface area contributed by atoms with Gasteiger partial charge in [-0.2, -0.15) is 0 Å². The van der Waals surface area contributed by atoms with Crippen LogP contribution in [0.2, 0.25) is 0 Å². The van der Waals surface area contributed by atoms with Crippen molar-refractivity contribution in [3.05, 3.63) is 42.7 Å². The van der Waals surface area contributed by atoms with Gasteiger partial charge < -0.3 is 14.8 Å². The second-order valence-corrected chi connectivity index (χ2v) is 3.61. The third kappa shape index (κ3) is 2.64. The minimum atomic E-state index is -1.51. The highest BCUT2D eigenvalue weighted by molar-refractivity contribution is 6.58. The SMILES string of the molecule is COc1cccc(-c2cncc(B(O)O)c2)c1. The summed E-state index contributed by atoms with van der Waals surface area (Å²) in [6, 6.07) is 9.18. The Bertz CT molecular complexity index is 517. The summed E-state index contributed by atoms with van der Waals surface area (Å²) in [7, 11) is 0.0960. The molecule has 0 saturated carbocycles. The van der Waals surface area contributed by atoms with Crippen LogP contribution in [0.15, 0.2) is 42.7 Å². The zero-order valence-corrected chi connectivity index (χ0v) is 9.37. The fraction of sp³-hybridized carbons (Fsp3) is 0.0833. The van der Waals surface area contributed by atoms with Crippen LogP contribution in [0.3, 0.4) is 0 Å². The van der Waals surface area contributed by atoms with E-state index >= 15 is 0 Å². The van der Waals surface area contributed by atoms with E-state index in [0.717, 1.165) is 16.9 Å². The van der Waals surface area contributed by atoms with Crippen molar-refractivity contribution in [2.24, 2.45) is 0 Å². The van der Waals surface area contributed by atoms with Crippen molar-refractivity contribution in [3.8, 4) is 16.9 Å². The number of hydrogen-bond donors (Lipinski definition) is 2. The number of pyridine rings is 1. The predicted octanol–water partition coefficient (Wildman–Crippen LogP) is 0.437. The van der Waals surface area contributed by atoms with E-state index in [4.69, 9.17) is 14.8 Å². The van der Waals surface area contributed by atoms with Gasteiger partial charge in [0.25, 0.3) is 0 Å². The average molecular weight is 229 g/mol. The molecule has 2 N–H and O–H groups in total. The molecule has 0 amide bonds. The van der Waals surface area contributed by atoms with Crippen molar-refractivity contribution in [2.75, 3.05) is 7.11 Å². The van der Waals surface area contributed by atoms with Crippen LogP contribution >= 0.6 is 0 Å². The minimum Gasteiger partial charge on any atom is -0.497 e. The van der Waals surface area contributed by atoms with Gasteiger partial charge in [-0.3, -0.25) is 4.98 Å². The van der Waals surface area contributed by atoms with Crippen LogP contribution in [0.25, 0.3) is 11.1 Å². The van der Waals surface area contributed by atoms with E-state index in [0.29, 0.717) is 5.46 Å². The molecule has 0 aliphatic rings. The smallest absolute Gasteiger partial charge is 0.490 e. The van der Waals surface area contributed by atoms with Crippen LogP contribution in [-0.2, 0) is 0 Å². The molecule has 0 aliphatic heterocycles. The lowest BCUT2D eigenvalue weighted by molar-refractivity contribution is 0.415. The Balaban J connectivity index is 2.41. The molecular weight excluding hydrogens is 217 g/mol. The van der Waals surface area contributed by atoms with Gasteiger partial charge in [-0.1, -0.05) is 18.2 Å². The van der Waals surface area contributed by atoms with E-state index in [1.165, 1.54) is 6.20 Å². The highest BCUT2D eigenvalue weighted by atomic mass is 16.5. The standard InChI is InChI=1S/C12H12BNO3/c1-17-12-4-2-3-9(6-12)10-5-11(13(15)16)8-14-7-10/h2-8,15-16H,1H3. The van der Waals surface area contributed by atoms with Gasteiger partial charge in [0.15, 0.2) is 0 Å². The van der Waals surface area contributed by atoms with Gasteiger partial charge in [-0.05, 0) is 23.3 Å². The predicted molar refractivity (Wildman–Crippen MR) is 66.1 cm³/mol. The number of hydrogen-bond acceptors (Lipinski definition) is 4. The molecule has 4 nitrogen and oxygen atoms in total. The lowest BCUT2D eigenvalue weighted by Gasteiger charge is -2.06. The van der Waals surface area contributed by atoms with E-state index < -0.39 is 7.12 Å². The molecule has 1 aromatic carbocycles. The Labute approximate surface area is 99.7 Å². The van der Waals surface area contributed by atoms with Crippen molar-refractivity contribution >= 4 is 12.6 Å². The molecule has 0 fully saturated rings. The first-order chi connectivity index (χ1) is 8.20. The van der Waals surface area contributed by atoms with Crippen LogP contribution in [0.1, 0.15) is 0 Å². The molecule has 17 heavy (non-hydrogen) atoms. The summed E-state index contributed by atoms with van der Waals surface area (Å²) in [6.45, 7) is 0. The minimum absolute atomic E-state index is 0.366. The van der Waals surface area contributed by atoms with Crippen LogP contribution in [0.5, 0.6) is 5.75 Å². The fourth-order valence-corrected chi connectivity index (χ4v) is 1.56. The van der Waals surface area contributed by atoms with E-state index in [9.17, 15) is 0 Å². The van der Waals surface area contributed by atoms with Gasteiger partial charge in [-0.25, -0.2) is 0 Å². The lowest BCUT2D eigenvalue weighted by Crippen LogP contribution is -2.30. The summed E-state index contributed by atoms with van der Waals surface area (Å²) in [5, 5.41) is 18.2. The molecular formula is C12H12BNO3. The molecule has 0 aliphatic carbocycles. The molecule has 0 saturated heterocycles. The zero-order valence-electron chi connectivity index (χ0n) is 9.37. The van der Waals surface area contributed by atoms with Gasteiger partial charge in [-0.15, -0.1) is 0 Å². The number of nitrogens with zero attached hydrogens (tertiary/aromatic N) is 1. The third-order valence-electron chi connectivity index (χ3n) is 2.46. The molecule has 1 heterocycles. The topological polar surface area (TPSA) is 62.6 Å². The maximum atomic E-state index is 9.09. The molecule has 2 aromatic rings. The fourth-order valence-electron chi connectivity index (χ4n) is 1.56. The Hall–Kier alpha value is -1.85. The summed E-state index contributed by atoms with van der Waals surface area (Å²) in [5.41, 5.74) is 2.10. The molecule has 5 heteroatoms. The Morgan fingerprint density at radius 2 is 1.94 bits per heavy atom. The van der Waals surface area contributed by atoms with Crippen molar-refractivity contribution < 1.29 is 14.8 Å². The quantitative estimate of drug-likeness (QED) is 0.749. The summed E-state index contributed by atoms with van der Waals surface area (Å²) in [5.74, 6) is 0.748. The maximum absolute atomic E-state index is 9.09. The summed E-state index contributed by atoms with van der Waals surface area (Å²) in [4.78, 5) is 3.98. The Kier molecular flexibility index (Phi) is 3.42. The average Bonchev–Trinajstić information content (AvgIpc) is 2.39. The Morgan fingerprint density at radius 1 is 1.12 bits per heavy atom. The van der Waals surface area contributed by atoms with E-state index in [1.807, 2.05) is 24.3 Å². The lowest BCUT2D eigenvalue weighted by atomic mass is 9.80. The number of ether oxygens (including phenoxy) is 1. The number of benzene rings is 1. The molecule has 86 valence electrons. The third-order valence-corrected chi connectivity index (χ3v) is 2.46. The summed E-state index contributed by atoms with van der Waals surface area (Å²) < 4.78 is 5.13. The van der Waals surface area contributed by atoms with Crippen molar-refractivity contribution in [3.63, 3.8) is 0 Å². The molecule has 1 aromatic heterocycles. The first-order valence-electron chi connectivity index (χ1n) is 5.16. The van der Waals surface area contributed by atoms with Crippen molar-refractivity contribution in [1.29, 1.82) is 0 Å². The van der Waals surface area contributed by atoms with Gasteiger partial charge in [0.1, 0.15) is 5.75 Å². The van der Waals surface area contributed by atoms with Gasteiger partial charge in [0.05, 0.1) is 7.11 Å².